The molecule has 1 saturated heterocycles. The molecule has 2 aliphatic heterocycles. The number of aliphatic carboxylic acids is 1. The Hall–Kier alpha value is -3.36. The molecule has 3 rings (SSSR count). The van der Waals surface area contributed by atoms with E-state index < -0.39 is 30.6 Å². The summed E-state index contributed by atoms with van der Waals surface area (Å²) in [6.07, 6.45) is 7.36. The number of anilines is 1. The zero-order chi connectivity index (χ0) is 25.0. The van der Waals surface area contributed by atoms with E-state index in [0.29, 0.717) is 5.70 Å². The molecule has 0 unspecified atom stereocenters. The highest BCUT2D eigenvalue weighted by Crippen LogP contribution is 2.46. The molecule has 2 heterocycles. The zero-order valence-electron chi connectivity index (χ0n) is 19.8. The second kappa shape index (κ2) is 10.3. The van der Waals surface area contributed by atoms with Crippen molar-refractivity contribution in [2.45, 2.75) is 39.0 Å². The largest absolute Gasteiger partial charge is 0.796 e. The molecule has 0 spiro atoms. The second-order valence-electron chi connectivity index (χ2n) is 8.88. The standard InChI is InChI=1S/C25H29BF2N2O4/c1-17(30-14-7-8-15-30)16-21(34-26(27)28)23(24(32)33)20(31)12-9-13-22-25(2,3)18-10-5-6-11-19(18)29(22)4/h5-6,9-13,16H,7-8,14-15H2,1-4H3,(H,32,33)/b12-9+,17-16-,22-13+,23-21+. The summed E-state index contributed by atoms with van der Waals surface area (Å²) in [5.41, 5.74) is 2.48. The number of likely N-dealkylation sites (N-methyl/N-ethyl adjacent to an activating group) is 1. The average molecular weight is 470 g/mol. The second-order valence-corrected chi connectivity index (χ2v) is 8.88. The van der Waals surface area contributed by atoms with Gasteiger partial charge in [0.1, 0.15) is 11.3 Å². The number of allylic oxidation sites excluding steroid dienone is 6. The number of halogens is 2. The third-order valence-corrected chi connectivity index (χ3v) is 6.31. The quantitative estimate of drug-likeness (QED) is 0.148. The monoisotopic (exact) mass is 470 g/mol. The van der Waals surface area contributed by atoms with Gasteiger partial charge in [0.25, 0.3) is 0 Å². The van der Waals surface area contributed by atoms with Crippen molar-refractivity contribution in [3.63, 3.8) is 0 Å². The fourth-order valence-electron chi connectivity index (χ4n) is 4.56. The Bertz CT molecular complexity index is 1090. The molecule has 0 atom stereocenters. The maximum absolute atomic E-state index is 13.1. The van der Waals surface area contributed by atoms with Gasteiger partial charge in [-0.25, -0.2) is 13.4 Å². The number of carboxylic acids is 1. The molecule has 6 nitrogen and oxygen atoms in total. The first-order valence-corrected chi connectivity index (χ1v) is 11.2. The number of rotatable bonds is 8. The van der Waals surface area contributed by atoms with Crippen LogP contribution in [0, 0.1) is 0 Å². The fraction of sp³-hybridized carbons (Fsp3) is 0.360. The van der Waals surface area contributed by atoms with E-state index in [9.17, 15) is 23.3 Å². The summed E-state index contributed by atoms with van der Waals surface area (Å²) in [4.78, 5) is 28.6. The number of carbonyl (C=O) groups is 2. The highest BCUT2D eigenvalue weighted by Gasteiger charge is 2.37. The number of nitrogens with zero attached hydrogens (tertiary/aromatic N) is 2. The van der Waals surface area contributed by atoms with E-state index in [-0.39, 0.29) is 5.41 Å². The summed E-state index contributed by atoms with van der Waals surface area (Å²) in [5.74, 6) is -3.21. The lowest BCUT2D eigenvalue weighted by atomic mass is 9.84. The van der Waals surface area contributed by atoms with Crippen molar-refractivity contribution in [3.8, 4) is 0 Å². The fourth-order valence-corrected chi connectivity index (χ4v) is 4.56. The van der Waals surface area contributed by atoms with E-state index in [1.807, 2.05) is 41.1 Å². The molecule has 2 aliphatic rings. The molecule has 180 valence electrons. The average Bonchev–Trinajstić information content (AvgIpc) is 3.36. The van der Waals surface area contributed by atoms with Crippen LogP contribution in [0.5, 0.6) is 0 Å². The van der Waals surface area contributed by atoms with Gasteiger partial charge in [0.15, 0.2) is 5.78 Å². The number of para-hydroxylation sites is 1. The Labute approximate surface area is 199 Å². The van der Waals surface area contributed by atoms with E-state index in [0.717, 1.165) is 49.0 Å². The number of benzene rings is 1. The van der Waals surface area contributed by atoms with Crippen LogP contribution in [0.2, 0.25) is 0 Å². The molecule has 0 aliphatic carbocycles. The van der Waals surface area contributed by atoms with Crippen molar-refractivity contribution in [1.29, 1.82) is 0 Å². The third-order valence-electron chi connectivity index (χ3n) is 6.31. The van der Waals surface area contributed by atoms with Gasteiger partial charge in [-0.2, -0.15) is 0 Å². The van der Waals surface area contributed by atoms with Crippen LogP contribution in [0.3, 0.4) is 0 Å². The number of fused-ring (bicyclic) bond motifs is 1. The lowest BCUT2D eigenvalue weighted by Crippen LogP contribution is -2.22. The van der Waals surface area contributed by atoms with E-state index >= 15 is 0 Å². The summed E-state index contributed by atoms with van der Waals surface area (Å²) in [6, 6.07) is 7.94. The molecule has 1 fully saturated rings. The number of carboxylic acid groups (broad SMARTS) is 1. The molecule has 1 aromatic rings. The first-order valence-electron chi connectivity index (χ1n) is 11.2. The van der Waals surface area contributed by atoms with Crippen LogP contribution >= 0.6 is 0 Å². The minimum Gasteiger partial charge on any atom is -0.504 e. The Morgan fingerprint density at radius 3 is 2.41 bits per heavy atom. The third kappa shape index (κ3) is 5.24. The van der Waals surface area contributed by atoms with Crippen molar-refractivity contribution in [3.05, 3.63) is 76.9 Å². The van der Waals surface area contributed by atoms with Gasteiger partial charge in [-0.15, -0.1) is 0 Å². The Balaban J connectivity index is 1.93. The van der Waals surface area contributed by atoms with Crippen LogP contribution in [-0.4, -0.2) is 49.4 Å². The Kier molecular flexibility index (Phi) is 7.64. The van der Waals surface area contributed by atoms with Crippen molar-refractivity contribution >= 4 is 24.9 Å². The maximum atomic E-state index is 13.1. The lowest BCUT2D eigenvalue weighted by Gasteiger charge is -2.23. The Morgan fingerprint density at radius 1 is 1.18 bits per heavy atom. The first kappa shape index (κ1) is 25.3. The summed E-state index contributed by atoms with van der Waals surface area (Å²) in [7, 11) is -1.35. The van der Waals surface area contributed by atoms with Crippen LogP contribution < -0.4 is 4.90 Å². The molecule has 1 N–H and O–H groups in total. The maximum Gasteiger partial charge on any atom is 0.796 e. The number of ketones is 1. The summed E-state index contributed by atoms with van der Waals surface area (Å²) < 4.78 is 30.6. The molecule has 0 radical (unpaired) electrons. The van der Waals surface area contributed by atoms with Crippen molar-refractivity contribution < 1.29 is 28.0 Å². The van der Waals surface area contributed by atoms with Gasteiger partial charge in [-0.3, -0.25) is 4.79 Å². The van der Waals surface area contributed by atoms with Crippen molar-refractivity contribution in [2.75, 3.05) is 25.0 Å². The van der Waals surface area contributed by atoms with Gasteiger partial charge in [-0.05, 0) is 49.6 Å². The van der Waals surface area contributed by atoms with Crippen LogP contribution in [-0.2, 0) is 19.7 Å². The predicted molar refractivity (Wildman–Crippen MR) is 128 cm³/mol. The number of hydrogen-bond donors (Lipinski definition) is 1. The van der Waals surface area contributed by atoms with Gasteiger partial charge >= 0.3 is 13.4 Å². The molecule has 1 aromatic carbocycles. The highest BCUT2D eigenvalue weighted by molar-refractivity contribution is 6.35. The predicted octanol–water partition coefficient (Wildman–Crippen LogP) is 4.70. The summed E-state index contributed by atoms with van der Waals surface area (Å²) in [6.45, 7) is 7.26. The van der Waals surface area contributed by atoms with Gasteiger partial charge in [0.05, 0.1) is 0 Å². The Morgan fingerprint density at radius 2 is 1.82 bits per heavy atom. The van der Waals surface area contributed by atoms with Gasteiger partial charge < -0.3 is 19.6 Å². The van der Waals surface area contributed by atoms with Gasteiger partial charge in [-0.1, -0.05) is 38.1 Å². The van der Waals surface area contributed by atoms with Gasteiger partial charge in [0.2, 0.25) is 0 Å². The molecular formula is C25H29BF2N2O4. The van der Waals surface area contributed by atoms with Crippen molar-refractivity contribution in [2.24, 2.45) is 0 Å². The van der Waals surface area contributed by atoms with E-state index in [2.05, 4.69) is 18.5 Å². The number of carbonyl (C=O) groups excluding carboxylic acids is 1. The molecule has 0 aromatic heterocycles. The molecule has 0 bridgehead atoms. The van der Waals surface area contributed by atoms with E-state index in [1.165, 1.54) is 12.2 Å². The molecule has 0 saturated carbocycles. The van der Waals surface area contributed by atoms with E-state index in [4.69, 9.17) is 0 Å². The van der Waals surface area contributed by atoms with Crippen LogP contribution in [0.4, 0.5) is 14.3 Å². The molecule has 34 heavy (non-hydrogen) atoms. The highest BCUT2D eigenvalue weighted by atomic mass is 19.2. The van der Waals surface area contributed by atoms with Crippen LogP contribution in [0.15, 0.2) is 71.3 Å². The minimum atomic E-state index is -3.27. The van der Waals surface area contributed by atoms with Crippen LogP contribution in [0.1, 0.15) is 39.2 Å². The molecular weight excluding hydrogens is 441 g/mol. The topological polar surface area (TPSA) is 70.1 Å². The summed E-state index contributed by atoms with van der Waals surface area (Å²) >= 11 is 0. The van der Waals surface area contributed by atoms with Crippen LogP contribution in [0.25, 0.3) is 0 Å². The normalized spacial score (nSPS) is 19.5. The van der Waals surface area contributed by atoms with Crippen molar-refractivity contribution in [1.82, 2.24) is 4.90 Å². The summed E-state index contributed by atoms with van der Waals surface area (Å²) in [5, 5.41) is 9.66. The number of hydrogen-bond acceptors (Lipinski definition) is 5. The molecule has 9 heteroatoms. The minimum absolute atomic E-state index is 0.330. The zero-order valence-corrected chi connectivity index (χ0v) is 19.8. The number of likely N-dealkylation sites (tertiary alicyclic amines) is 1. The SMILES string of the molecule is C/C(=C/C(OB(F)F)=C(\C(=O)O)C(=O)/C=C/C=C1/N(C)c2ccccc2C1(C)C)N1CCCC1. The van der Waals surface area contributed by atoms with Gasteiger partial charge in [0, 0.05) is 42.6 Å². The van der Waals surface area contributed by atoms with E-state index in [1.54, 1.807) is 13.0 Å². The first-order chi connectivity index (χ1) is 16.0. The molecule has 0 amide bonds. The smallest absolute Gasteiger partial charge is 0.504 e. The lowest BCUT2D eigenvalue weighted by molar-refractivity contribution is -0.134.